The van der Waals surface area contributed by atoms with Crippen molar-refractivity contribution < 1.29 is 9.59 Å². The molecule has 6 heteroatoms. The lowest BCUT2D eigenvalue weighted by Gasteiger charge is -2.29. The van der Waals surface area contributed by atoms with Crippen LogP contribution >= 0.6 is 0 Å². The first-order valence-electron chi connectivity index (χ1n) is 9.16. The lowest BCUT2D eigenvalue weighted by molar-refractivity contribution is -0.114. The van der Waals surface area contributed by atoms with Crippen molar-refractivity contribution in [2.24, 2.45) is 10.1 Å². The Morgan fingerprint density at radius 2 is 1.75 bits per heavy atom. The summed E-state index contributed by atoms with van der Waals surface area (Å²) >= 11 is 0. The number of anilines is 1. The van der Waals surface area contributed by atoms with E-state index in [1.54, 1.807) is 31.3 Å². The number of rotatable bonds is 5. The van der Waals surface area contributed by atoms with Gasteiger partial charge in [0.05, 0.1) is 16.9 Å². The normalized spacial score (nSPS) is 15.3. The van der Waals surface area contributed by atoms with E-state index >= 15 is 0 Å². The third-order valence-electron chi connectivity index (χ3n) is 4.56. The fraction of sp³-hybridized carbons (Fsp3) is 0.273. The SMILES string of the molecule is CNC(=O)/C(=N\Nc1ccc(C(C)=O)cc1)C1=NC(C)(C)Cc2ccccc21. The second-order valence-corrected chi connectivity index (χ2v) is 7.39. The Morgan fingerprint density at radius 3 is 2.39 bits per heavy atom. The summed E-state index contributed by atoms with van der Waals surface area (Å²) in [5, 5.41) is 7.01. The minimum Gasteiger partial charge on any atom is -0.354 e. The highest BCUT2D eigenvalue weighted by Crippen LogP contribution is 2.27. The Kier molecular flexibility index (Phi) is 5.40. The molecule has 2 aromatic carbocycles. The van der Waals surface area contributed by atoms with E-state index in [1.165, 1.54) is 6.92 Å². The molecule has 0 aliphatic carbocycles. The van der Waals surface area contributed by atoms with Crippen molar-refractivity contribution in [1.82, 2.24) is 5.32 Å². The van der Waals surface area contributed by atoms with Gasteiger partial charge in [-0.1, -0.05) is 24.3 Å². The van der Waals surface area contributed by atoms with E-state index in [2.05, 4.69) is 21.9 Å². The Bertz CT molecular complexity index is 972. The average Bonchev–Trinajstić information content (AvgIpc) is 2.67. The number of carbonyl (C=O) groups is 2. The van der Waals surface area contributed by atoms with Crippen molar-refractivity contribution in [2.45, 2.75) is 32.7 Å². The predicted molar refractivity (Wildman–Crippen MR) is 112 cm³/mol. The molecule has 0 saturated heterocycles. The molecule has 2 N–H and O–H groups in total. The standard InChI is InChI=1S/C22H24N4O2/c1-14(27)15-9-11-17(12-10-15)25-26-20(21(28)23-4)19-18-8-6-5-7-16(18)13-22(2,3)24-19/h5-12,25H,13H2,1-4H3,(H,23,28)/b26-20-. The number of Topliss-reactive ketones (excluding diaryl/α,β-unsaturated/α-hetero) is 1. The molecule has 2 aromatic rings. The van der Waals surface area contributed by atoms with Gasteiger partial charge in [0.1, 0.15) is 0 Å². The van der Waals surface area contributed by atoms with Crippen LogP contribution in [0.1, 0.15) is 42.3 Å². The molecule has 0 aromatic heterocycles. The highest BCUT2D eigenvalue weighted by molar-refractivity contribution is 6.70. The van der Waals surface area contributed by atoms with Crippen LogP contribution in [0.5, 0.6) is 0 Å². The van der Waals surface area contributed by atoms with E-state index in [-0.39, 0.29) is 22.9 Å². The Hall–Kier alpha value is -3.28. The van der Waals surface area contributed by atoms with Crippen LogP contribution in [-0.2, 0) is 11.2 Å². The topological polar surface area (TPSA) is 82.9 Å². The van der Waals surface area contributed by atoms with E-state index in [0.29, 0.717) is 17.0 Å². The second kappa shape index (κ2) is 7.76. The highest BCUT2D eigenvalue weighted by atomic mass is 16.2. The Balaban J connectivity index is 2.00. The zero-order valence-corrected chi connectivity index (χ0v) is 16.5. The summed E-state index contributed by atoms with van der Waals surface area (Å²) < 4.78 is 0. The van der Waals surface area contributed by atoms with Crippen molar-refractivity contribution in [3.8, 4) is 0 Å². The monoisotopic (exact) mass is 376 g/mol. The molecule has 0 atom stereocenters. The molecule has 144 valence electrons. The molecule has 0 saturated carbocycles. The first-order chi connectivity index (χ1) is 13.3. The fourth-order valence-electron chi connectivity index (χ4n) is 3.18. The van der Waals surface area contributed by atoms with Crippen molar-refractivity contribution >= 4 is 28.8 Å². The molecule has 6 nitrogen and oxygen atoms in total. The number of nitrogens with one attached hydrogen (secondary N) is 2. The number of hydrogen-bond acceptors (Lipinski definition) is 5. The summed E-state index contributed by atoms with van der Waals surface area (Å²) in [6, 6.07) is 14.9. The van der Waals surface area contributed by atoms with E-state index in [4.69, 9.17) is 4.99 Å². The van der Waals surface area contributed by atoms with Gasteiger partial charge in [0.15, 0.2) is 11.5 Å². The number of amides is 1. The molecule has 1 aliphatic rings. The van der Waals surface area contributed by atoms with E-state index in [0.717, 1.165) is 17.5 Å². The predicted octanol–water partition coefficient (Wildman–Crippen LogP) is 3.23. The second-order valence-electron chi connectivity index (χ2n) is 7.39. The number of carbonyl (C=O) groups excluding carboxylic acids is 2. The number of hydrazone groups is 1. The highest BCUT2D eigenvalue weighted by Gasteiger charge is 2.31. The van der Waals surface area contributed by atoms with E-state index in [1.807, 2.05) is 32.0 Å². The lowest BCUT2D eigenvalue weighted by atomic mass is 9.85. The fourth-order valence-corrected chi connectivity index (χ4v) is 3.18. The van der Waals surface area contributed by atoms with Gasteiger partial charge in [0.25, 0.3) is 5.91 Å². The first-order valence-corrected chi connectivity index (χ1v) is 9.16. The van der Waals surface area contributed by atoms with Crippen LogP contribution in [0.15, 0.2) is 58.6 Å². The third kappa shape index (κ3) is 4.17. The molecule has 3 rings (SSSR count). The number of hydrogen-bond donors (Lipinski definition) is 2. The van der Waals surface area contributed by atoms with Crippen molar-refractivity contribution in [1.29, 1.82) is 0 Å². The first kappa shape index (κ1) is 19.5. The summed E-state index contributed by atoms with van der Waals surface area (Å²) in [6.45, 7) is 5.60. The van der Waals surface area contributed by atoms with Gasteiger partial charge in [-0.15, -0.1) is 0 Å². The molecule has 0 unspecified atom stereocenters. The smallest absolute Gasteiger partial charge is 0.273 e. The molecular formula is C22H24N4O2. The van der Waals surface area contributed by atoms with Crippen molar-refractivity contribution in [3.63, 3.8) is 0 Å². The molecular weight excluding hydrogens is 352 g/mol. The van der Waals surface area contributed by atoms with Crippen LogP contribution in [-0.4, -0.2) is 35.7 Å². The zero-order valence-electron chi connectivity index (χ0n) is 16.5. The minimum absolute atomic E-state index is 0.00324. The number of ketones is 1. The summed E-state index contributed by atoms with van der Waals surface area (Å²) in [5.41, 5.74) is 6.72. The summed E-state index contributed by atoms with van der Waals surface area (Å²) in [6.07, 6.45) is 0.799. The number of nitrogens with zero attached hydrogens (tertiary/aromatic N) is 2. The molecule has 28 heavy (non-hydrogen) atoms. The number of fused-ring (bicyclic) bond motifs is 1. The lowest BCUT2D eigenvalue weighted by Crippen LogP contribution is -2.39. The van der Waals surface area contributed by atoms with Crippen LogP contribution < -0.4 is 10.7 Å². The zero-order chi connectivity index (χ0) is 20.3. The molecule has 0 bridgehead atoms. The quantitative estimate of drug-likeness (QED) is 0.477. The van der Waals surface area contributed by atoms with Gasteiger partial charge < -0.3 is 5.32 Å². The van der Waals surface area contributed by atoms with Crippen LogP contribution in [0.4, 0.5) is 5.69 Å². The van der Waals surface area contributed by atoms with Gasteiger partial charge in [-0.05, 0) is 57.0 Å². The number of aliphatic imine (C=N–C) groups is 1. The van der Waals surface area contributed by atoms with Crippen molar-refractivity contribution in [3.05, 3.63) is 65.2 Å². The summed E-state index contributed by atoms with van der Waals surface area (Å²) in [4.78, 5) is 28.8. The molecule has 0 radical (unpaired) electrons. The molecule has 1 amide bonds. The Labute approximate surface area is 164 Å². The van der Waals surface area contributed by atoms with Crippen LogP contribution in [0, 0.1) is 0 Å². The van der Waals surface area contributed by atoms with Gasteiger partial charge >= 0.3 is 0 Å². The van der Waals surface area contributed by atoms with Gasteiger partial charge in [-0.2, -0.15) is 5.10 Å². The number of benzene rings is 2. The average molecular weight is 376 g/mol. The maximum atomic E-state index is 12.6. The summed E-state index contributed by atoms with van der Waals surface area (Å²) in [5.74, 6) is -0.324. The maximum Gasteiger partial charge on any atom is 0.273 e. The van der Waals surface area contributed by atoms with E-state index in [9.17, 15) is 9.59 Å². The van der Waals surface area contributed by atoms with Gasteiger partial charge in [0, 0.05) is 18.2 Å². The Morgan fingerprint density at radius 1 is 1.07 bits per heavy atom. The largest absolute Gasteiger partial charge is 0.354 e. The van der Waals surface area contributed by atoms with E-state index < -0.39 is 0 Å². The third-order valence-corrected chi connectivity index (χ3v) is 4.56. The van der Waals surface area contributed by atoms with Gasteiger partial charge in [-0.25, -0.2) is 0 Å². The molecule has 1 heterocycles. The molecule has 0 fully saturated rings. The van der Waals surface area contributed by atoms with Gasteiger partial charge in [-0.3, -0.25) is 20.0 Å². The maximum absolute atomic E-state index is 12.6. The van der Waals surface area contributed by atoms with Crippen LogP contribution in [0.3, 0.4) is 0 Å². The minimum atomic E-state index is -0.332. The van der Waals surface area contributed by atoms with Crippen LogP contribution in [0.25, 0.3) is 0 Å². The van der Waals surface area contributed by atoms with Crippen molar-refractivity contribution in [2.75, 3.05) is 12.5 Å². The molecule has 1 aliphatic heterocycles. The molecule has 0 spiro atoms. The van der Waals surface area contributed by atoms with Crippen LogP contribution in [0.2, 0.25) is 0 Å². The summed E-state index contributed by atoms with van der Waals surface area (Å²) in [7, 11) is 1.57. The van der Waals surface area contributed by atoms with Gasteiger partial charge in [0.2, 0.25) is 0 Å².